The molecular formula is C12H23N3O. The summed E-state index contributed by atoms with van der Waals surface area (Å²) in [5, 5.41) is 3.16. The Labute approximate surface area is 98.0 Å². The molecule has 0 spiro atoms. The van der Waals surface area contributed by atoms with Crippen LogP contribution in [0.5, 0.6) is 0 Å². The topological polar surface area (TPSA) is 35.6 Å². The summed E-state index contributed by atoms with van der Waals surface area (Å²) in [4.78, 5) is 16.5. The lowest BCUT2D eigenvalue weighted by atomic mass is 10.0. The first-order valence-corrected chi connectivity index (χ1v) is 6.46. The molecule has 0 radical (unpaired) electrons. The maximum Gasteiger partial charge on any atom is 0.228 e. The van der Waals surface area contributed by atoms with E-state index in [2.05, 4.69) is 24.1 Å². The van der Waals surface area contributed by atoms with Crippen molar-refractivity contribution in [3.05, 3.63) is 0 Å². The number of nitrogens with zero attached hydrogens (tertiary/aromatic N) is 2. The molecule has 2 heterocycles. The number of carbonyl (C=O) groups is 1. The molecule has 0 bridgehead atoms. The average molecular weight is 225 g/mol. The predicted molar refractivity (Wildman–Crippen MR) is 64.3 cm³/mol. The molecule has 4 nitrogen and oxygen atoms in total. The molecule has 0 aromatic heterocycles. The largest absolute Gasteiger partial charge is 0.340 e. The van der Waals surface area contributed by atoms with Gasteiger partial charge in [-0.3, -0.25) is 9.69 Å². The fourth-order valence-electron chi connectivity index (χ4n) is 2.36. The van der Waals surface area contributed by atoms with Gasteiger partial charge in [0.05, 0.1) is 5.92 Å². The molecule has 0 aromatic rings. The number of amides is 1. The quantitative estimate of drug-likeness (QED) is 0.742. The molecular weight excluding hydrogens is 202 g/mol. The van der Waals surface area contributed by atoms with Gasteiger partial charge in [0.2, 0.25) is 5.91 Å². The molecule has 1 unspecified atom stereocenters. The maximum atomic E-state index is 12.0. The van der Waals surface area contributed by atoms with E-state index in [-0.39, 0.29) is 5.92 Å². The minimum absolute atomic E-state index is 0.259. The summed E-state index contributed by atoms with van der Waals surface area (Å²) in [6.45, 7) is 10.2. The average Bonchev–Trinajstić information content (AvgIpc) is 2.26. The van der Waals surface area contributed by atoms with Gasteiger partial charge in [-0.15, -0.1) is 0 Å². The zero-order chi connectivity index (χ0) is 11.5. The first-order valence-electron chi connectivity index (χ1n) is 6.46. The van der Waals surface area contributed by atoms with Gasteiger partial charge < -0.3 is 10.2 Å². The maximum absolute atomic E-state index is 12.0. The molecule has 1 N–H and O–H groups in total. The summed E-state index contributed by atoms with van der Waals surface area (Å²) in [7, 11) is 0. The van der Waals surface area contributed by atoms with Crippen LogP contribution < -0.4 is 5.32 Å². The molecule has 16 heavy (non-hydrogen) atoms. The zero-order valence-electron chi connectivity index (χ0n) is 10.4. The van der Waals surface area contributed by atoms with Crippen LogP contribution in [-0.2, 0) is 4.79 Å². The van der Waals surface area contributed by atoms with Gasteiger partial charge in [-0.2, -0.15) is 0 Å². The summed E-state index contributed by atoms with van der Waals surface area (Å²) < 4.78 is 0. The fraction of sp³-hybridized carbons (Fsp3) is 0.917. The number of nitrogens with one attached hydrogen (secondary N) is 1. The molecule has 0 aromatic carbocycles. The van der Waals surface area contributed by atoms with E-state index in [0.717, 1.165) is 39.3 Å². The van der Waals surface area contributed by atoms with E-state index < -0.39 is 0 Å². The van der Waals surface area contributed by atoms with Crippen LogP contribution in [0, 0.1) is 5.92 Å². The highest BCUT2D eigenvalue weighted by atomic mass is 16.2. The first-order chi connectivity index (χ1) is 7.72. The van der Waals surface area contributed by atoms with E-state index in [1.165, 1.54) is 6.42 Å². The number of piperazine rings is 1. The van der Waals surface area contributed by atoms with Crippen LogP contribution in [0.4, 0.5) is 0 Å². The van der Waals surface area contributed by atoms with Crippen molar-refractivity contribution in [1.29, 1.82) is 0 Å². The highest BCUT2D eigenvalue weighted by Gasteiger charge is 2.31. The van der Waals surface area contributed by atoms with Crippen molar-refractivity contribution in [2.75, 3.05) is 39.3 Å². The molecule has 2 fully saturated rings. The fourth-order valence-corrected chi connectivity index (χ4v) is 2.36. The van der Waals surface area contributed by atoms with Gasteiger partial charge in [-0.05, 0) is 13.3 Å². The van der Waals surface area contributed by atoms with Crippen LogP contribution in [0.1, 0.15) is 20.3 Å². The molecule has 92 valence electrons. The van der Waals surface area contributed by atoms with Crippen molar-refractivity contribution >= 4 is 5.91 Å². The Morgan fingerprint density at radius 2 is 1.94 bits per heavy atom. The summed E-state index contributed by atoms with van der Waals surface area (Å²) in [5.74, 6) is 0.623. The molecule has 2 aliphatic rings. The summed E-state index contributed by atoms with van der Waals surface area (Å²) in [6.07, 6.45) is 1.19. The van der Waals surface area contributed by atoms with E-state index in [1.54, 1.807) is 0 Å². The predicted octanol–water partition coefficient (Wildman–Crippen LogP) is 0.149. The van der Waals surface area contributed by atoms with E-state index in [9.17, 15) is 4.79 Å². The second kappa shape index (κ2) is 5.15. The monoisotopic (exact) mass is 225 g/mol. The molecule has 2 rings (SSSR count). The second-order valence-electron chi connectivity index (χ2n) is 4.97. The third-order valence-corrected chi connectivity index (χ3v) is 3.97. The van der Waals surface area contributed by atoms with Gasteiger partial charge in [-0.25, -0.2) is 0 Å². The molecule has 1 atom stereocenters. The number of hydrogen-bond acceptors (Lipinski definition) is 3. The van der Waals surface area contributed by atoms with Crippen LogP contribution in [0.2, 0.25) is 0 Å². The number of rotatable bonds is 3. The van der Waals surface area contributed by atoms with Gasteiger partial charge in [0.15, 0.2) is 0 Å². The van der Waals surface area contributed by atoms with E-state index in [0.29, 0.717) is 11.9 Å². The smallest absolute Gasteiger partial charge is 0.228 e. The lowest BCUT2D eigenvalue weighted by Gasteiger charge is -2.40. The third kappa shape index (κ3) is 2.38. The number of hydrogen-bond donors (Lipinski definition) is 1. The Hall–Kier alpha value is -0.610. The Morgan fingerprint density at radius 1 is 1.31 bits per heavy atom. The SMILES string of the molecule is CCC(C)N1CCN(C(=O)C2CNC2)CC1. The second-order valence-corrected chi connectivity index (χ2v) is 4.97. The van der Waals surface area contributed by atoms with Crippen molar-refractivity contribution in [3.8, 4) is 0 Å². The molecule has 1 amide bonds. The zero-order valence-corrected chi connectivity index (χ0v) is 10.4. The van der Waals surface area contributed by atoms with Gasteiger partial charge in [0.1, 0.15) is 0 Å². The Morgan fingerprint density at radius 3 is 2.38 bits per heavy atom. The third-order valence-electron chi connectivity index (χ3n) is 3.97. The van der Waals surface area contributed by atoms with Crippen LogP contribution >= 0.6 is 0 Å². The van der Waals surface area contributed by atoms with Crippen molar-refractivity contribution in [2.24, 2.45) is 5.92 Å². The Bertz CT molecular complexity index is 245. The van der Waals surface area contributed by atoms with Crippen LogP contribution in [0.3, 0.4) is 0 Å². The van der Waals surface area contributed by atoms with Gasteiger partial charge in [0.25, 0.3) is 0 Å². The van der Waals surface area contributed by atoms with E-state index in [1.807, 2.05) is 4.90 Å². The minimum Gasteiger partial charge on any atom is -0.340 e. The highest BCUT2D eigenvalue weighted by molar-refractivity contribution is 5.80. The lowest BCUT2D eigenvalue weighted by Crippen LogP contribution is -2.57. The lowest BCUT2D eigenvalue weighted by molar-refractivity contribution is -0.139. The van der Waals surface area contributed by atoms with E-state index in [4.69, 9.17) is 0 Å². The van der Waals surface area contributed by atoms with Crippen molar-refractivity contribution in [1.82, 2.24) is 15.1 Å². The van der Waals surface area contributed by atoms with Gasteiger partial charge in [-0.1, -0.05) is 6.92 Å². The summed E-state index contributed by atoms with van der Waals surface area (Å²) in [6, 6.07) is 0.655. The minimum atomic E-state index is 0.259. The summed E-state index contributed by atoms with van der Waals surface area (Å²) in [5.41, 5.74) is 0. The normalized spacial score (nSPS) is 25.2. The molecule has 2 aliphatic heterocycles. The highest BCUT2D eigenvalue weighted by Crippen LogP contribution is 2.13. The first kappa shape index (κ1) is 11.9. The van der Waals surface area contributed by atoms with Crippen molar-refractivity contribution in [2.45, 2.75) is 26.3 Å². The van der Waals surface area contributed by atoms with Gasteiger partial charge >= 0.3 is 0 Å². The van der Waals surface area contributed by atoms with Gasteiger partial charge in [0, 0.05) is 45.3 Å². The van der Waals surface area contributed by atoms with Crippen molar-refractivity contribution < 1.29 is 4.79 Å². The molecule has 0 saturated carbocycles. The Balaban J connectivity index is 1.78. The standard InChI is InChI=1S/C12H23N3O/c1-3-10(2)14-4-6-15(7-5-14)12(16)11-8-13-9-11/h10-11,13H,3-9H2,1-2H3. The molecule has 4 heteroatoms. The number of carbonyl (C=O) groups excluding carboxylic acids is 1. The summed E-state index contributed by atoms with van der Waals surface area (Å²) >= 11 is 0. The molecule has 0 aliphatic carbocycles. The van der Waals surface area contributed by atoms with Crippen LogP contribution in [-0.4, -0.2) is 61.0 Å². The van der Waals surface area contributed by atoms with Crippen LogP contribution in [0.25, 0.3) is 0 Å². The van der Waals surface area contributed by atoms with E-state index >= 15 is 0 Å². The van der Waals surface area contributed by atoms with Crippen LogP contribution in [0.15, 0.2) is 0 Å². The van der Waals surface area contributed by atoms with Crippen molar-refractivity contribution in [3.63, 3.8) is 0 Å². The molecule has 2 saturated heterocycles. The Kier molecular flexibility index (Phi) is 3.82.